The van der Waals surface area contributed by atoms with Crippen LogP contribution in [0.15, 0.2) is 68.6 Å². The van der Waals surface area contributed by atoms with Gasteiger partial charge in [-0.25, -0.2) is 22.9 Å². The second kappa shape index (κ2) is 9.37. The highest BCUT2D eigenvalue weighted by Crippen LogP contribution is 2.25. The van der Waals surface area contributed by atoms with E-state index < -0.39 is 16.1 Å². The summed E-state index contributed by atoms with van der Waals surface area (Å²) in [7, 11) is -4.04. The lowest BCUT2D eigenvalue weighted by atomic mass is 10.1. The monoisotopic (exact) mass is 542 g/mol. The Morgan fingerprint density at radius 3 is 2.58 bits per heavy atom. The number of aryl methyl sites for hydroxylation is 1. The summed E-state index contributed by atoms with van der Waals surface area (Å²) in [6.45, 7) is 3.24. The van der Waals surface area contributed by atoms with Gasteiger partial charge >= 0.3 is 6.03 Å². The van der Waals surface area contributed by atoms with Crippen molar-refractivity contribution in [3.05, 3.63) is 80.7 Å². The highest BCUT2D eigenvalue weighted by atomic mass is 35.5. The van der Waals surface area contributed by atoms with Gasteiger partial charge in [0.1, 0.15) is 15.9 Å². The van der Waals surface area contributed by atoms with Crippen LogP contribution < -0.4 is 20.9 Å². The third-order valence-electron chi connectivity index (χ3n) is 5.41. The molecule has 0 saturated heterocycles. The number of nitrogens with one attached hydrogen (secondary N) is 3. The predicted octanol–water partition coefficient (Wildman–Crippen LogP) is 3.27. The van der Waals surface area contributed by atoms with Crippen LogP contribution >= 0.6 is 22.9 Å². The third kappa shape index (κ3) is 4.70. The molecule has 0 atom stereocenters. The number of rotatable bonds is 5. The van der Waals surface area contributed by atoms with Crippen molar-refractivity contribution in [1.82, 2.24) is 19.6 Å². The number of hydrogen-bond acceptors (Lipinski definition) is 8. The molecule has 0 spiro atoms. The smallest absolute Gasteiger partial charge is 0.333 e. The molecule has 5 rings (SSSR count). The van der Waals surface area contributed by atoms with Crippen molar-refractivity contribution in [3.63, 3.8) is 0 Å². The van der Waals surface area contributed by atoms with Crippen molar-refractivity contribution in [2.75, 3.05) is 18.4 Å². The SMILES string of the molecule is Cc1nc2cc(C3=NCCN3)ccc2c(=O)n1-c1ccc(NC(=O)NS(=O)(=O)c2ccc(Cl)s2)cc1. The van der Waals surface area contributed by atoms with E-state index >= 15 is 0 Å². The van der Waals surface area contributed by atoms with Crippen molar-refractivity contribution in [2.24, 2.45) is 4.99 Å². The summed E-state index contributed by atoms with van der Waals surface area (Å²) in [6, 6.07) is 13.6. The number of amidine groups is 1. The molecule has 0 bridgehead atoms. The highest BCUT2D eigenvalue weighted by molar-refractivity contribution is 7.92. The molecule has 0 fully saturated rings. The summed E-state index contributed by atoms with van der Waals surface area (Å²) in [4.78, 5) is 34.5. The molecule has 10 nitrogen and oxygen atoms in total. The minimum absolute atomic E-state index is 0.0729. The van der Waals surface area contributed by atoms with Gasteiger partial charge in [-0.05, 0) is 55.5 Å². The fraction of sp³-hybridized carbons (Fsp3) is 0.130. The number of hydrogen-bond donors (Lipinski definition) is 3. The maximum absolute atomic E-state index is 13.3. The number of nitrogens with zero attached hydrogens (tertiary/aromatic N) is 3. The Labute approximate surface area is 214 Å². The van der Waals surface area contributed by atoms with Crippen molar-refractivity contribution < 1.29 is 13.2 Å². The van der Waals surface area contributed by atoms with Gasteiger partial charge in [0.2, 0.25) is 0 Å². The Bertz CT molecular complexity index is 1690. The molecule has 0 saturated carbocycles. The average molecular weight is 543 g/mol. The average Bonchev–Trinajstić information content (AvgIpc) is 3.52. The lowest BCUT2D eigenvalue weighted by Gasteiger charge is -2.13. The predicted molar refractivity (Wildman–Crippen MR) is 140 cm³/mol. The number of thiophene rings is 1. The number of carbonyl (C=O) groups excluding carboxylic acids is 1. The first-order valence-corrected chi connectivity index (χ1v) is 13.4. The zero-order chi connectivity index (χ0) is 25.4. The second-order valence-corrected chi connectivity index (χ2v) is 11.5. The maximum Gasteiger partial charge on any atom is 0.333 e. The molecule has 36 heavy (non-hydrogen) atoms. The van der Waals surface area contributed by atoms with Crippen molar-refractivity contribution in [3.8, 4) is 5.69 Å². The van der Waals surface area contributed by atoms with E-state index in [9.17, 15) is 18.0 Å². The zero-order valence-corrected chi connectivity index (χ0v) is 21.2. The summed E-state index contributed by atoms with van der Waals surface area (Å²) >= 11 is 6.62. The van der Waals surface area contributed by atoms with Gasteiger partial charge in [-0.1, -0.05) is 17.7 Å². The summed E-state index contributed by atoms with van der Waals surface area (Å²) in [6.07, 6.45) is 0. The molecule has 2 aromatic carbocycles. The third-order valence-corrected chi connectivity index (χ3v) is 8.46. The van der Waals surface area contributed by atoms with Crippen LogP contribution in [-0.4, -0.2) is 42.9 Å². The first-order chi connectivity index (χ1) is 17.2. The molecule has 1 aliphatic rings. The number of sulfonamides is 1. The number of halogens is 1. The minimum Gasteiger partial charge on any atom is -0.368 e. The molecule has 13 heteroatoms. The van der Waals surface area contributed by atoms with E-state index in [1.807, 2.05) is 16.9 Å². The fourth-order valence-corrected chi connectivity index (χ4v) is 6.19. The molecule has 2 aromatic heterocycles. The molecule has 184 valence electrons. The molecule has 0 aliphatic carbocycles. The molecule has 0 unspecified atom stereocenters. The molecule has 2 amide bonds. The molecular weight excluding hydrogens is 524 g/mol. The molecule has 0 radical (unpaired) electrons. The summed E-state index contributed by atoms with van der Waals surface area (Å²) in [5.41, 5.74) is 2.10. The van der Waals surface area contributed by atoms with Gasteiger partial charge in [0.05, 0.1) is 27.5 Å². The van der Waals surface area contributed by atoms with E-state index in [4.69, 9.17) is 11.6 Å². The number of fused-ring (bicyclic) bond motifs is 1. The molecule has 1 aliphatic heterocycles. The van der Waals surface area contributed by atoms with Gasteiger partial charge in [0.15, 0.2) is 0 Å². The van der Waals surface area contributed by atoms with E-state index in [-0.39, 0.29) is 9.77 Å². The Balaban J connectivity index is 1.36. The van der Waals surface area contributed by atoms with Crippen LogP contribution in [0.3, 0.4) is 0 Å². The van der Waals surface area contributed by atoms with Crippen LogP contribution in [0.1, 0.15) is 11.4 Å². The Morgan fingerprint density at radius 2 is 1.92 bits per heavy atom. The lowest BCUT2D eigenvalue weighted by Crippen LogP contribution is -2.33. The minimum atomic E-state index is -4.04. The number of aromatic nitrogens is 2. The number of aliphatic imine (C=N–C) groups is 1. The largest absolute Gasteiger partial charge is 0.368 e. The van der Waals surface area contributed by atoms with Gasteiger partial charge in [0, 0.05) is 17.8 Å². The van der Waals surface area contributed by atoms with Gasteiger partial charge in [-0.15, -0.1) is 11.3 Å². The van der Waals surface area contributed by atoms with E-state index in [2.05, 4.69) is 20.6 Å². The number of amides is 2. The van der Waals surface area contributed by atoms with Gasteiger partial charge in [-0.2, -0.15) is 0 Å². The van der Waals surface area contributed by atoms with Crippen molar-refractivity contribution >= 4 is 61.4 Å². The first kappa shape index (κ1) is 24.0. The Morgan fingerprint density at radius 1 is 1.14 bits per heavy atom. The number of benzene rings is 2. The fourth-order valence-electron chi connectivity index (χ4n) is 3.80. The van der Waals surface area contributed by atoms with E-state index in [1.165, 1.54) is 16.7 Å². The molecular formula is C23H19ClN6O4S2. The van der Waals surface area contributed by atoms with E-state index in [0.29, 0.717) is 39.0 Å². The molecule has 3 N–H and O–H groups in total. The van der Waals surface area contributed by atoms with E-state index in [1.54, 1.807) is 37.3 Å². The van der Waals surface area contributed by atoms with Crippen LogP contribution in [0.4, 0.5) is 10.5 Å². The van der Waals surface area contributed by atoms with Crippen LogP contribution in [0.25, 0.3) is 16.6 Å². The topological polar surface area (TPSA) is 135 Å². The zero-order valence-electron chi connectivity index (χ0n) is 18.8. The number of urea groups is 1. The van der Waals surface area contributed by atoms with Crippen LogP contribution in [0.5, 0.6) is 0 Å². The van der Waals surface area contributed by atoms with E-state index in [0.717, 1.165) is 29.3 Å². The van der Waals surface area contributed by atoms with Crippen molar-refractivity contribution in [1.29, 1.82) is 0 Å². The number of carbonyl (C=O) groups is 1. The number of anilines is 1. The molecule has 4 aromatic rings. The maximum atomic E-state index is 13.3. The van der Waals surface area contributed by atoms with Crippen molar-refractivity contribution in [2.45, 2.75) is 11.1 Å². The Hall–Kier alpha value is -3.74. The van der Waals surface area contributed by atoms with Crippen LogP contribution in [0.2, 0.25) is 4.34 Å². The summed E-state index contributed by atoms with van der Waals surface area (Å²) in [5, 5.41) is 6.14. The standard InChI is InChI=1S/C23H19ClN6O4S2/c1-13-27-18-12-14(21-25-10-11-26-21)2-7-17(18)22(31)30(13)16-5-3-15(4-6-16)28-23(32)29-36(33,34)20-9-8-19(24)35-20/h2-9,12H,10-11H2,1H3,(H,25,26)(H2,28,29,32). The normalized spacial score (nSPS) is 13.3. The summed E-state index contributed by atoms with van der Waals surface area (Å²) < 4.78 is 28.2. The van der Waals surface area contributed by atoms with Crippen LogP contribution in [0, 0.1) is 6.92 Å². The summed E-state index contributed by atoms with van der Waals surface area (Å²) in [5.74, 6) is 1.28. The van der Waals surface area contributed by atoms with Gasteiger partial charge in [0.25, 0.3) is 15.6 Å². The highest BCUT2D eigenvalue weighted by Gasteiger charge is 2.20. The molecule has 3 heterocycles. The quantitative estimate of drug-likeness (QED) is 0.354. The van der Waals surface area contributed by atoms with Gasteiger partial charge < -0.3 is 10.6 Å². The second-order valence-electron chi connectivity index (χ2n) is 7.85. The Kier molecular flexibility index (Phi) is 6.24. The van der Waals surface area contributed by atoms with Gasteiger partial charge in [-0.3, -0.25) is 14.4 Å². The lowest BCUT2D eigenvalue weighted by molar-refractivity contribution is 0.256. The van der Waals surface area contributed by atoms with Crippen LogP contribution in [-0.2, 0) is 10.0 Å². The first-order valence-electron chi connectivity index (χ1n) is 10.7.